The summed E-state index contributed by atoms with van der Waals surface area (Å²) in [7, 11) is 12.5. The van der Waals surface area contributed by atoms with Crippen LogP contribution in [0.25, 0.3) is 10.8 Å². The zero-order chi connectivity index (χ0) is 24.2. The van der Waals surface area contributed by atoms with Crippen LogP contribution in [-0.2, 0) is 31.7 Å². The molecule has 3 heteroatoms. The summed E-state index contributed by atoms with van der Waals surface area (Å²) in [6.07, 6.45) is 2.35. The molecule has 0 N–H and O–H groups in total. The standard InChI is InChI=1S/C13H10.C9H7.C9H13.2ClH.Zr/c1-3-7-12(8-4-1)11-13-9-5-2-6-10-13;1-2-5-9-7-3-6-8(9)4-1;1-3-8-6-5-7-9(8)4-2;;;/h1-10H;1-7H;5-7H,3-4H2,1-2H3;2*1H;/q;2*-1;;;+2/p-2. The van der Waals surface area contributed by atoms with Crippen molar-refractivity contribution in [3.8, 4) is 0 Å². The van der Waals surface area contributed by atoms with Crippen LogP contribution >= 0.6 is 17.0 Å². The molecule has 0 nitrogen and oxygen atoms in total. The maximum absolute atomic E-state index is 6.24. The molecule has 5 aromatic rings. The number of benzene rings is 3. The second-order valence-electron chi connectivity index (χ2n) is 7.81. The van der Waals surface area contributed by atoms with Gasteiger partial charge in [0.05, 0.1) is 0 Å². The summed E-state index contributed by atoms with van der Waals surface area (Å²) in [6, 6.07) is 41.5. The molecule has 0 spiro atoms. The van der Waals surface area contributed by atoms with E-state index in [4.69, 9.17) is 17.0 Å². The Morgan fingerprint density at radius 2 is 1.21 bits per heavy atom. The van der Waals surface area contributed by atoms with Crippen molar-refractivity contribution in [3.63, 3.8) is 0 Å². The molecule has 0 bridgehead atoms. The van der Waals surface area contributed by atoms with Gasteiger partial charge in [-0.15, -0.1) is 29.7 Å². The fraction of sp³-hybridized carbons (Fsp3) is 0.129. The molecular weight excluding hydrogens is 534 g/mol. The fourth-order valence-electron chi connectivity index (χ4n) is 3.85. The van der Waals surface area contributed by atoms with Crippen LogP contribution in [0.4, 0.5) is 0 Å². The van der Waals surface area contributed by atoms with Gasteiger partial charge in [0.25, 0.3) is 0 Å². The van der Waals surface area contributed by atoms with Crippen LogP contribution in [0.2, 0.25) is 0 Å². The molecule has 0 fully saturated rings. The predicted molar refractivity (Wildman–Crippen MR) is 148 cm³/mol. The first-order valence-electron chi connectivity index (χ1n) is 11.6. The van der Waals surface area contributed by atoms with Crippen molar-refractivity contribution in [2.24, 2.45) is 0 Å². The maximum atomic E-state index is 6.24. The quantitative estimate of drug-likeness (QED) is 0.191. The first kappa shape index (κ1) is 26.6. The largest absolute Gasteiger partial charge is 0.168 e. The number of aryl methyl sites for hydroxylation is 2. The van der Waals surface area contributed by atoms with Crippen molar-refractivity contribution in [1.29, 1.82) is 0 Å². The molecule has 0 aliphatic heterocycles. The Bertz CT molecular complexity index is 1190. The molecule has 5 rings (SSSR count). The first-order chi connectivity index (χ1) is 16.6. The SMILES string of the molecule is CCc1cc[cH-]c1CC.[Cl][Zr]([Cl])=[C](c1ccccc1)c1ccccc1.c1ccc2[cH-]ccc2c1. The molecule has 0 saturated heterocycles. The average Bonchev–Trinajstić information content (AvgIpc) is 3.55. The molecule has 0 aliphatic carbocycles. The third-order valence-electron chi connectivity index (χ3n) is 5.63. The Morgan fingerprint density at radius 3 is 1.71 bits per heavy atom. The molecule has 34 heavy (non-hydrogen) atoms. The maximum Gasteiger partial charge on any atom is -0.0809 e. The van der Waals surface area contributed by atoms with Crippen LogP contribution in [-0.4, -0.2) is 3.21 Å². The van der Waals surface area contributed by atoms with Crippen molar-refractivity contribution in [1.82, 2.24) is 0 Å². The fourth-order valence-corrected chi connectivity index (χ4v) is 8.32. The Labute approximate surface area is 218 Å². The van der Waals surface area contributed by atoms with Crippen LogP contribution in [0.3, 0.4) is 0 Å². The van der Waals surface area contributed by atoms with Gasteiger partial charge in [0.15, 0.2) is 0 Å². The van der Waals surface area contributed by atoms with Gasteiger partial charge in [0, 0.05) is 0 Å². The average molecular weight is 565 g/mol. The summed E-state index contributed by atoms with van der Waals surface area (Å²) >= 11 is -2.44. The third-order valence-corrected chi connectivity index (χ3v) is 10.2. The summed E-state index contributed by atoms with van der Waals surface area (Å²) < 4.78 is 1.15. The van der Waals surface area contributed by atoms with Crippen LogP contribution in [0.5, 0.6) is 0 Å². The molecule has 0 saturated carbocycles. The van der Waals surface area contributed by atoms with E-state index in [9.17, 15) is 0 Å². The smallest absolute Gasteiger partial charge is 0.0809 e. The minimum atomic E-state index is -2.44. The van der Waals surface area contributed by atoms with Gasteiger partial charge in [-0.1, -0.05) is 32.8 Å². The number of halogens is 2. The van der Waals surface area contributed by atoms with Gasteiger partial charge in [-0.2, -0.15) is 40.8 Å². The van der Waals surface area contributed by atoms with E-state index in [0.717, 1.165) is 14.3 Å². The number of hydrogen-bond acceptors (Lipinski definition) is 0. The van der Waals surface area contributed by atoms with Crippen LogP contribution < -0.4 is 0 Å². The van der Waals surface area contributed by atoms with Crippen molar-refractivity contribution >= 4 is 31.0 Å². The van der Waals surface area contributed by atoms with Crippen molar-refractivity contribution in [2.45, 2.75) is 26.7 Å². The van der Waals surface area contributed by atoms with Crippen molar-refractivity contribution < 1.29 is 18.9 Å². The summed E-state index contributed by atoms with van der Waals surface area (Å²) in [4.78, 5) is 0. The number of fused-ring (bicyclic) bond motifs is 1. The number of rotatable bonds is 4. The molecule has 0 unspecified atom stereocenters. The van der Waals surface area contributed by atoms with Gasteiger partial charge in [0.1, 0.15) is 0 Å². The van der Waals surface area contributed by atoms with E-state index in [1.807, 2.05) is 36.4 Å². The van der Waals surface area contributed by atoms with Crippen LogP contribution in [0.1, 0.15) is 36.1 Å². The second kappa shape index (κ2) is 14.4. The zero-order valence-electron chi connectivity index (χ0n) is 19.7. The summed E-state index contributed by atoms with van der Waals surface area (Å²) in [5, 5.41) is 2.66. The monoisotopic (exact) mass is 562 g/mol. The Kier molecular flexibility index (Phi) is 11.2. The van der Waals surface area contributed by atoms with Crippen molar-refractivity contribution in [2.75, 3.05) is 0 Å². The number of hydrogen-bond donors (Lipinski definition) is 0. The molecule has 5 aromatic carbocycles. The summed E-state index contributed by atoms with van der Waals surface area (Å²) in [5.41, 5.74) is 5.32. The van der Waals surface area contributed by atoms with Crippen LogP contribution in [0.15, 0.2) is 121 Å². The van der Waals surface area contributed by atoms with Gasteiger partial charge in [-0.3, -0.25) is 0 Å². The van der Waals surface area contributed by atoms with E-state index in [-0.39, 0.29) is 0 Å². The van der Waals surface area contributed by atoms with E-state index in [1.54, 1.807) is 0 Å². The Balaban J connectivity index is 0.000000153. The van der Waals surface area contributed by atoms with Gasteiger partial charge in [-0.25, -0.2) is 6.07 Å². The van der Waals surface area contributed by atoms with E-state index in [1.165, 1.54) is 34.7 Å². The van der Waals surface area contributed by atoms with E-state index < -0.39 is 18.9 Å². The van der Waals surface area contributed by atoms with Gasteiger partial charge >= 0.3 is 111 Å². The Hall–Kier alpha value is -2.05. The molecule has 0 radical (unpaired) electrons. The topological polar surface area (TPSA) is 0 Å². The van der Waals surface area contributed by atoms with Gasteiger partial charge in [-0.05, 0) is 0 Å². The van der Waals surface area contributed by atoms with Gasteiger partial charge in [0.2, 0.25) is 0 Å². The minimum Gasteiger partial charge on any atom is -0.168 e. The molecule has 0 aromatic heterocycles. The molecule has 174 valence electrons. The molecule has 0 amide bonds. The molecule has 0 heterocycles. The minimum absolute atomic E-state index is 1.15. The van der Waals surface area contributed by atoms with Gasteiger partial charge < -0.3 is 0 Å². The first-order valence-corrected chi connectivity index (χ1v) is 19.2. The van der Waals surface area contributed by atoms with Crippen LogP contribution in [0, 0.1) is 0 Å². The molecule has 0 aliphatic rings. The summed E-state index contributed by atoms with van der Waals surface area (Å²) in [5.74, 6) is 0. The predicted octanol–water partition coefficient (Wildman–Crippen LogP) is 9.27. The van der Waals surface area contributed by atoms with E-state index in [0.29, 0.717) is 0 Å². The second-order valence-corrected chi connectivity index (χ2v) is 15.9. The summed E-state index contributed by atoms with van der Waals surface area (Å²) in [6.45, 7) is 4.41. The molecular formula is C31H30Cl2Zr-2. The third kappa shape index (κ3) is 7.74. The normalized spacial score (nSPS) is 10.0. The van der Waals surface area contributed by atoms with E-state index in [2.05, 4.69) is 98.8 Å². The molecule has 0 atom stereocenters. The zero-order valence-corrected chi connectivity index (χ0v) is 23.7. The van der Waals surface area contributed by atoms with E-state index >= 15 is 0 Å². The Morgan fingerprint density at radius 1 is 0.647 bits per heavy atom. The van der Waals surface area contributed by atoms with Crippen molar-refractivity contribution in [3.05, 3.63) is 144 Å².